The van der Waals surface area contributed by atoms with Crippen molar-refractivity contribution < 1.29 is 14.7 Å². The molecule has 0 aromatic heterocycles. The molecule has 0 radical (unpaired) electrons. The van der Waals surface area contributed by atoms with Crippen molar-refractivity contribution in [3.8, 4) is 12.3 Å². The van der Waals surface area contributed by atoms with E-state index >= 15 is 0 Å². The third-order valence-corrected chi connectivity index (χ3v) is 2.60. The minimum absolute atomic E-state index is 0.0459. The molecule has 82 valence electrons. The summed E-state index contributed by atoms with van der Waals surface area (Å²) in [5.41, 5.74) is 0. The predicted octanol–water partition coefficient (Wildman–Crippen LogP) is 0.723. The molecule has 1 rings (SSSR count). The van der Waals surface area contributed by atoms with Crippen molar-refractivity contribution in [1.82, 2.24) is 4.90 Å². The smallest absolute Gasteiger partial charge is 0.308 e. The molecule has 1 saturated heterocycles. The fraction of sp³-hybridized carbons (Fsp3) is 0.636. The molecule has 4 nitrogen and oxygen atoms in total. The second kappa shape index (κ2) is 5.40. The average molecular weight is 209 g/mol. The molecule has 4 heteroatoms. The molecular weight excluding hydrogens is 194 g/mol. The summed E-state index contributed by atoms with van der Waals surface area (Å²) in [6.07, 6.45) is 7.28. The number of piperidine rings is 1. The van der Waals surface area contributed by atoms with Crippen LogP contribution < -0.4 is 0 Å². The lowest BCUT2D eigenvalue weighted by molar-refractivity contribution is -0.147. The van der Waals surface area contributed by atoms with E-state index in [1.165, 1.54) is 0 Å². The molecule has 1 unspecified atom stereocenters. The Morgan fingerprint density at radius 3 is 3.00 bits per heavy atom. The number of hydrogen-bond acceptors (Lipinski definition) is 2. The highest BCUT2D eigenvalue weighted by Gasteiger charge is 2.29. The minimum atomic E-state index is -0.815. The maximum atomic E-state index is 11.4. The number of amides is 1. The molecular formula is C11H15NO3. The van der Waals surface area contributed by atoms with E-state index in [1.807, 2.05) is 0 Å². The number of terminal acetylenes is 1. The van der Waals surface area contributed by atoms with Crippen LogP contribution in [0.3, 0.4) is 0 Å². The minimum Gasteiger partial charge on any atom is -0.481 e. The van der Waals surface area contributed by atoms with Gasteiger partial charge in [0.15, 0.2) is 0 Å². The third-order valence-electron chi connectivity index (χ3n) is 2.60. The number of carbonyl (C=O) groups excluding carboxylic acids is 1. The van der Waals surface area contributed by atoms with Crippen LogP contribution in [0.1, 0.15) is 25.7 Å². The van der Waals surface area contributed by atoms with E-state index in [1.54, 1.807) is 4.90 Å². The SMILES string of the molecule is C#CCCCN1CC(C(=O)O)CCC1=O. The van der Waals surface area contributed by atoms with Gasteiger partial charge in [0, 0.05) is 25.9 Å². The first-order chi connectivity index (χ1) is 7.15. The van der Waals surface area contributed by atoms with Crippen molar-refractivity contribution in [2.45, 2.75) is 25.7 Å². The average Bonchev–Trinajstić information content (AvgIpc) is 2.20. The molecule has 1 amide bonds. The number of carbonyl (C=O) groups is 2. The monoisotopic (exact) mass is 209 g/mol. The number of nitrogens with zero attached hydrogens (tertiary/aromatic N) is 1. The highest BCUT2D eigenvalue weighted by atomic mass is 16.4. The number of aliphatic carboxylic acids is 1. The standard InChI is InChI=1S/C11H15NO3/c1-2-3-4-7-12-8-9(11(14)15)5-6-10(12)13/h1,9H,3-8H2,(H,14,15). The summed E-state index contributed by atoms with van der Waals surface area (Å²) in [5, 5.41) is 8.84. The highest BCUT2D eigenvalue weighted by molar-refractivity contribution is 5.80. The van der Waals surface area contributed by atoms with Gasteiger partial charge in [-0.15, -0.1) is 12.3 Å². The van der Waals surface area contributed by atoms with Gasteiger partial charge in [-0.1, -0.05) is 0 Å². The van der Waals surface area contributed by atoms with E-state index in [-0.39, 0.29) is 5.91 Å². The van der Waals surface area contributed by atoms with Crippen LogP contribution in [0.15, 0.2) is 0 Å². The largest absolute Gasteiger partial charge is 0.481 e. The van der Waals surface area contributed by atoms with Crippen LogP contribution >= 0.6 is 0 Å². The van der Waals surface area contributed by atoms with Crippen molar-refractivity contribution in [3.05, 3.63) is 0 Å². The molecule has 1 fully saturated rings. The molecule has 1 atom stereocenters. The Morgan fingerprint density at radius 2 is 2.40 bits per heavy atom. The Labute approximate surface area is 89.3 Å². The topological polar surface area (TPSA) is 57.6 Å². The van der Waals surface area contributed by atoms with E-state index in [9.17, 15) is 9.59 Å². The summed E-state index contributed by atoms with van der Waals surface area (Å²) < 4.78 is 0. The maximum absolute atomic E-state index is 11.4. The Kier molecular flexibility index (Phi) is 4.17. The summed E-state index contributed by atoms with van der Waals surface area (Å²) in [6.45, 7) is 0.908. The summed E-state index contributed by atoms with van der Waals surface area (Å²) in [5.74, 6) is 1.32. The van der Waals surface area contributed by atoms with E-state index in [2.05, 4.69) is 5.92 Å². The summed E-state index contributed by atoms with van der Waals surface area (Å²) in [4.78, 5) is 23.8. The number of carboxylic acids is 1. The molecule has 1 aliphatic heterocycles. The summed E-state index contributed by atoms with van der Waals surface area (Å²) >= 11 is 0. The quantitative estimate of drug-likeness (QED) is 0.548. The number of unbranched alkanes of at least 4 members (excludes halogenated alkanes) is 1. The Morgan fingerprint density at radius 1 is 1.67 bits per heavy atom. The molecule has 0 aromatic rings. The van der Waals surface area contributed by atoms with E-state index in [0.717, 1.165) is 6.42 Å². The van der Waals surface area contributed by atoms with Crippen molar-refractivity contribution in [2.75, 3.05) is 13.1 Å². The lowest BCUT2D eigenvalue weighted by atomic mass is 9.97. The van der Waals surface area contributed by atoms with Crippen LogP contribution in [-0.2, 0) is 9.59 Å². The first-order valence-electron chi connectivity index (χ1n) is 5.09. The molecule has 0 bridgehead atoms. The van der Waals surface area contributed by atoms with Gasteiger partial charge in [0.05, 0.1) is 5.92 Å². The van der Waals surface area contributed by atoms with Gasteiger partial charge in [-0.05, 0) is 12.8 Å². The predicted molar refractivity (Wildman–Crippen MR) is 55.0 cm³/mol. The Hall–Kier alpha value is -1.50. The van der Waals surface area contributed by atoms with Gasteiger partial charge >= 0.3 is 5.97 Å². The first-order valence-corrected chi connectivity index (χ1v) is 5.09. The van der Waals surface area contributed by atoms with Gasteiger partial charge in [-0.25, -0.2) is 0 Å². The first kappa shape index (κ1) is 11.6. The van der Waals surface area contributed by atoms with Crippen LogP contribution in [0, 0.1) is 18.3 Å². The fourth-order valence-corrected chi connectivity index (χ4v) is 1.70. The summed E-state index contributed by atoms with van der Waals surface area (Å²) in [7, 11) is 0. The van der Waals surface area contributed by atoms with Crippen LogP contribution in [0.25, 0.3) is 0 Å². The van der Waals surface area contributed by atoms with Crippen molar-refractivity contribution in [1.29, 1.82) is 0 Å². The van der Waals surface area contributed by atoms with Gasteiger partial charge in [-0.2, -0.15) is 0 Å². The van der Waals surface area contributed by atoms with Crippen molar-refractivity contribution >= 4 is 11.9 Å². The van der Waals surface area contributed by atoms with Crippen LogP contribution in [0.4, 0.5) is 0 Å². The lowest BCUT2D eigenvalue weighted by Gasteiger charge is -2.30. The van der Waals surface area contributed by atoms with Crippen LogP contribution in [0.5, 0.6) is 0 Å². The molecule has 15 heavy (non-hydrogen) atoms. The Balaban J connectivity index is 2.43. The molecule has 1 N–H and O–H groups in total. The zero-order valence-corrected chi connectivity index (χ0v) is 8.61. The molecule has 0 saturated carbocycles. The van der Waals surface area contributed by atoms with Gasteiger partial charge in [0.1, 0.15) is 0 Å². The van der Waals surface area contributed by atoms with E-state index in [0.29, 0.717) is 32.4 Å². The molecule has 1 heterocycles. The molecule has 1 aliphatic rings. The fourth-order valence-electron chi connectivity index (χ4n) is 1.70. The zero-order valence-electron chi connectivity index (χ0n) is 8.61. The number of hydrogen-bond donors (Lipinski definition) is 1. The number of carboxylic acid groups (broad SMARTS) is 1. The van der Waals surface area contributed by atoms with Crippen LogP contribution in [-0.4, -0.2) is 35.0 Å². The number of likely N-dealkylation sites (tertiary alicyclic amines) is 1. The molecule has 0 spiro atoms. The van der Waals surface area contributed by atoms with Gasteiger partial charge in [0.2, 0.25) is 5.91 Å². The second-order valence-corrected chi connectivity index (χ2v) is 3.72. The van der Waals surface area contributed by atoms with Gasteiger partial charge in [0.25, 0.3) is 0 Å². The third kappa shape index (κ3) is 3.28. The second-order valence-electron chi connectivity index (χ2n) is 3.72. The summed E-state index contributed by atoms with van der Waals surface area (Å²) in [6, 6.07) is 0. The van der Waals surface area contributed by atoms with Crippen molar-refractivity contribution in [2.24, 2.45) is 5.92 Å². The molecule has 0 aromatic carbocycles. The van der Waals surface area contributed by atoms with E-state index in [4.69, 9.17) is 11.5 Å². The normalized spacial score (nSPS) is 21.1. The van der Waals surface area contributed by atoms with E-state index < -0.39 is 11.9 Å². The molecule has 0 aliphatic carbocycles. The van der Waals surface area contributed by atoms with Gasteiger partial charge in [-0.3, -0.25) is 9.59 Å². The highest BCUT2D eigenvalue weighted by Crippen LogP contribution is 2.18. The number of rotatable bonds is 4. The maximum Gasteiger partial charge on any atom is 0.308 e. The van der Waals surface area contributed by atoms with Gasteiger partial charge < -0.3 is 10.0 Å². The van der Waals surface area contributed by atoms with Crippen molar-refractivity contribution in [3.63, 3.8) is 0 Å². The Bertz CT molecular complexity index is 293. The lowest BCUT2D eigenvalue weighted by Crippen LogP contribution is -2.42. The van der Waals surface area contributed by atoms with Crippen LogP contribution in [0.2, 0.25) is 0 Å². The zero-order chi connectivity index (χ0) is 11.3.